The molecule has 0 saturated carbocycles. The maximum atomic E-state index is 12.8. The third-order valence-electron chi connectivity index (χ3n) is 3.87. The number of rotatable bonds is 4. The lowest BCUT2D eigenvalue weighted by molar-refractivity contribution is 0.104. The van der Waals surface area contributed by atoms with Gasteiger partial charge in [0.15, 0.2) is 5.16 Å². The van der Waals surface area contributed by atoms with E-state index in [9.17, 15) is 13.2 Å². The van der Waals surface area contributed by atoms with Gasteiger partial charge in [-0.05, 0) is 42.1 Å². The molecule has 2 aromatic carbocycles. The Bertz CT molecular complexity index is 1220. The van der Waals surface area contributed by atoms with Crippen LogP contribution in [0, 0.1) is 0 Å². The number of nitrogens with one attached hydrogen (secondary N) is 1. The molecule has 1 aliphatic rings. The number of benzene rings is 2. The van der Waals surface area contributed by atoms with Gasteiger partial charge in [-0.1, -0.05) is 35.9 Å². The Morgan fingerprint density at radius 2 is 1.75 bits per heavy atom. The average Bonchev–Trinajstić information content (AvgIpc) is 3.19. The summed E-state index contributed by atoms with van der Waals surface area (Å²) in [4.78, 5) is 17.1. The van der Waals surface area contributed by atoms with Crippen molar-refractivity contribution >= 4 is 44.9 Å². The lowest BCUT2D eigenvalue weighted by Gasteiger charge is -2.16. The van der Waals surface area contributed by atoms with Crippen molar-refractivity contribution in [2.24, 2.45) is 4.40 Å². The Labute approximate surface area is 169 Å². The van der Waals surface area contributed by atoms with Crippen molar-refractivity contribution in [3.05, 3.63) is 82.0 Å². The molecular formula is C18H11ClN4O3S2. The molecule has 28 heavy (non-hydrogen) atoms. The zero-order chi connectivity index (χ0) is 19.7. The van der Waals surface area contributed by atoms with Gasteiger partial charge in [0.25, 0.3) is 10.0 Å². The van der Waals surface area contributed by atoms with E-state index in [1.807, 2.05) is 0 Å². The molecule has 0 radical (unpaired) electrons. The highest BCUT2D eigenvalue weighted by Gasteiger charge is 2.27. The number of carbonyl (C=O) groups is 1. The van der Waals surface area contributed by atoms with Gasteiger partial charge in [-0.3, -0.25) is 9.89 Å². The Morgan fingerprint density at radius 1 is 1.04 bits per heavy atom. The minimum absolute atomic E-state index is 0.0108. The molecular weight excluding hydrogens is 420 g/mol. The summed E-state index contributed by atoms with van der Waals surface area (Å²) in [7, 11) is -3.99. The van der Waals surface area contributed by atoms with Crippen LogP contribution in [0.1, 0.15) is 15.9 Å². The van der Waals surface area contributed by atoms with Crippen molar-refractivity contribution in [3.8, 4) is 0 Å². The van der Waals surface area contributed by atoms with E-state index in [1.165, 1.54) is 36.7 Å². The van der Waals surface area contributed by atoms with Gasteiger partial charge >= 0.3 is 0 Å². The van der Waals surface area contributed by atoms with Crippen LogP contribution in [-0.4, -0.2) is 35.1 Å². The summed E-state index contributed by atoms with van der Waals surface area (Å²) in [6, 6.07) is 12.5. The van der Waals surface area contributed by atoms with Gasteiger partial charge in [0, 0.05) is 16.1 Å². The number of aromatic nitrogens is 3. The van der Waals surface area contributed by atoms with Crippen LogP contribution in [0.25, 0.3) is 0 Å². The Balaban J connectivity index is 1.82. The summed E-state index contributed by atoms with van der Waals surface area (Å²) < 4.78 is 29.5. The number of Topliss-reactive ketones (excluding diaryl/α,β-unsaturated/α-hetero) is 1. The monoisotopic (exact) mass is 430 g/mol. The molecule has 10 heteroatoms. The largest absolute Gasteiger partial charge is 0.288 e. The van der Waals surface area contributed by atoms with Crippen LogP contribution < -0.4 is 0 Å². The predicted octanol–water partition coefficient (Wildman–Crippen LogP) is 3.51. The first-order chi connectivity index (χ1) is 13.4. The molecule has 140 valence electrons. The third-order valence-corrected chi connectivity index (χ3v) is 6.34. The summed E-state index contributed by atoms with van der Waals surface area (Å²) in [6.07, 6.45) is 2.77. The van der Waals surface area contributed by atoms with Gasteiger partial charge in [-0.2, -0.15) is 17.9 Å². The Kier molecular flexibility index (Phi) is 4.88. The Hall–Kier alpha value is -2.75. The lowest BCUT2D eigenvalue weighted by Crippen LogP contribution is -2.17. The predicted molar refractivity (Wildman–Crippen MR) is 106 cm³/mol. The standard InChI is InChI=1S/C18H11ClN4O3S2/c19-11-5-7-12(8-6-11)28(25,26)23-15-9-16(27-18-20-10-21-22-18)17(24)14-4-2-1-3-13(14)15/h1-10H,(H,20,21,22)/b23-15+. The van der Waals surface area contributed by atoms with Crippen molar-refractivity contribution in [2.45, 2.75) is 10.1 Å². The van der Waals surface area contributed by atoms with E-state index in [0.29, 0.717) is 26.2 Å². The summed E-state index contributed by atoms with van der Waals surface area (Å²) in [6.45, 7) is 0. The molecule has 0 amide bonds. The second-order valence-electron chi connectivity index (χ2n) is 5.68. The van der Waals surface area contributed by atoms with Crippen LogP contribution in [0.15, 0.2) is 80.3 Å². The van der Waals surface area contributed by atoms with Gasteiger partial charge in [-0.25, -0.2) is 4.98 Å². The van der Waals surface area contributed by atoms with E-state index < -0.39 is 10.0 Å². The van der Waals surface area contributed by atoms with Gasteiger partial charge in [0.1, 0.15) is 6.33 Å². The summed E-state index contributed by atoms with van der Waals surface area (Å²) in [5, 5.41) is 7.25. The van der Waals surface area contributed by atoms with Crippen molar-refractivity contribution in [1.82, 2.24) is 15.2 Å². The zero-order valence-corrected chi connectivity index (χ0v) is 16.4. The fourth-order valence-electron chi connectivity index (χ4n) is 2.59. The molecule has 1 aromatic heterocycles. The normalized spacial score (nSPS) is 15.4. The maximum Gasteiger partial charge on any atom is 0.282 e. The molecule has 1 N–H and O–H groups in total. The van der Waals surface area contributed by atoms with E-state index in [4.69, 9.17) is 11.6 Å². The van der Waals surface area contributed by atoms with E-state index in [2.05, 4.69) is 19.6 Å². The number of hydrogen-bond acceptors (Lipinski definition) is 6. The summed E-state index contributed by atoms with van der Waals surface area (Å²) in [5.41, 5.74) is 0.996. The molecule has 1 heterocycles. The van der Waals surface area contributed by atoms with E-state index in [0.717, 1.165) is 11.8 Å². The van der Waals surface area contributed by atoms with E-state index in [1.54, 1.807) is 24.3 Å². The molecule has 3 aromatic rings. The number of allylic oxidation sites excluding steroid dienone is 2. The van der Waals surface area contributed by atoms with Crippen molar-refractivity contribution < 1.29 is 13.2 Å². The number of halogens is 1. The number of thioether (sulfide) groups is 1. The molecule has 0 unspecified atom stereocenters. The van der Waals surface area contributed by atoms with Gasteiger partial charge in [-0.15, -0.1) is 0 Å². The van der Waals surface area contributed by atoms with E-state index in [-0.39, 0.29) is 16.4 Å². The summed E-state index contributed by atoms with van der Waals surface area (Å²) >= 11 is 6.89. The summed E-state index contributed by atoms with van der Waals surface area (Å²) in [5.74, 6) is -0.236. The fraction of sp³-hybridized carbons (Fsp3) is 0. The number of hydrogen-bond donors (Lipinski definition) is 1. The number of H-pyrrole nitrogens is 1. The molecule has 0 aliphatic heterocycles. The highest BCUT2D eigenvalue weighted by atomic mass is 35.5. The van der Waals surface area contributed by atoms with Crippen LogP contribution in [0.3, 0.4) is 0 Å². The van der Waals surface area contributed by atoms with Gasteiger partial charge in [0.2, 0.25) is 5.78 Å². The SMILES string of the molecule is O=C1C(Sc2ncn[nH]2)=C/C(=N\S(=O)(=O)c2ccc(Cl)cc2)c2ccccc21. The van der Waals surface area contributed by atoms with Gasteiger partial charge < -0.3 is 0 Å². The first-order valence-corrected chi connectivity index (χ1v) is 10.6. The molecule has 0 fully saturated rings. The smallest absolute Gasteiger partial charge is 0.282 e. The first kappa shape index (κ1) is 18.6. The molecule has 0 saturated heterocycles. The van der Waals surface area contributed by atoms with Crippen molar-refractivity contribution in [3.63, 3.8) is 0 Å². The highest BCUT2D eigenvalue weighted by Crippen LogP contribution is 2.32. The van der Waals surface area contributed by atoms with Crippen LogP contribution in [0.5, 0.6) is 0 Å². The molecule has 7 nitrogen and oxygen atoms in total. The molecule has 4 rings (SSSR count). The van der Waals surface area contributed by atoms with Crippen LogP contribution in [0.4, 0.5) is 0 Å². The third kappa shape index (κ3) is 3.64. The zero-order valence-electron chi connectivity index (χ0n) is 14.0. The number of nitrogens with zero attached hydrogens (tertiary/aromatic N) is 3. The second kappa shape index (κ2) is 7.34. The van der Waals surface area contributed by atoms with E-state index >= 15 is 0 Å². The van der Waals surface area contributed by atoms with Crippen molar-refractivity contribution in [2.75, 3.05) is 0 Å². The quantitative estimate of drug-likeness (QED) is 0.679. The molecule has 1 aliphatic carbocycles. The minimum Gasteiger partial charge on any atom is -0.288 e. The van der Waals surface area contributed by atoms with Crippen LogP contribution >= 0.6 is 23.4 Å². The number of carbonyl (C=O) groups excluding carboxylic acids is 1. The number of sulfonamides is 1. The lowest BCUT2D eigenvalue weighted by atomic mass is 9.94. The second-order valence-corrected chi connectivity index (χ2v) is 8.75. The number of fused-ring (bicyclic) bond motifs is 1. The maximum absolute atomic E-state index is 12.8. The fourth-order valence-corrected chi connectivity index (χ4v) is 4.49. The number of aromatic amines is 1. The minimum atomic E-state index is -3.99. The highest BCUT2D eigenvalue weighted by molar-refractivity contribution is 8.04. The van der Waals surface area contributed by atoms with Crippen molar-refractivity contribution in [1.29, 1.82) is 0 Å². The average molecular weight is 431 g/mol. The van der Waals surface area contributed by atoms with Gasteiger partial charge in [0.05, 0.1) is 15.5 Å². The molecule has 0 spiro atoms. The topological polar surface area (TPSA) is 105 Å². The Morgan fingerprint density at radius 3 is 2.43 bits per heavy atom. The molecule has 0 bridgehead atoms. The van der Waals surface area contributed by atoms with Crippen LogP contribution in [-0.2, 0) is 10.0 Å². The number of ketones is 1. The first-order valence-electron chi connectivity index (χ1n) is 7.93. The molecule has 0 atom stereocenters. The van der Waals surface area contributed by atoms with Crippen LogP contribution in [0.2, 0.25) is 5.02 Å².